The number of hydrogen-bond donors (Lipinski definition) is 2. The summed E-state index contributed by atoms with van der Waals surface area (Å²) in [7, 11) is 0. The van der Waals surface area contributed by atoms with Gasteiger partial charge in [-0.1, -0.05) is 18.2 Å². The van der Waals surface area contributed by atoms with Gasteiger partial charge in [0, 0.05) is 10.8 Å². The Balaban J connectivity index is 1.76. The summed E-state index contributed by atoms with van der Waals surface area (Å²) in [6, 6.07) is 13.0. The summed E-state index contributed by atoms with van der Waals surface area (Å²) in [5.41, 5.74) is 6.50. The molecule has 0 saturated carbocycles. The molecule has 3 rings (SSSR count). The van der Waals surface area contributed by atoms with Gasteiger partial charge in [0.05, 0.1) is 6.54 Å². The molecule has 6 nitrogen and oxygen atoms in total. The monoisotopic (exact) mass is 298 g/mol. The fourth-order valence-electron chi connectivity index (χ4n) is 2.18. The lowest BCUT2D eigenvalue weighted by Crippen LogP contribution is -2.36. The van der Waals surface area contributed by atoms with E-state index in [-0.39, 0.29) is 13.2 Å². The van der Waals surface area contributed by atoms with E-state index in [1.165, 1.54) is 0 Å². The van der Waals surface area contributed by atoms with E-state index in [0.29, 0.717) is 5.75 Å². The van der Waals surface area contributed by atoms with Crippen LogP contribution in [0.1, 0.15) is 0 Å². The first-order chi connectivity index (χ1) is 10.6. The van der Waals surface area contributed by atoms with Crippen LogP contribution in [-0.4, -0.2) is 25.0 Å². The van der Waals surface area contributed by atoms with Crippen LogP contribution in [0.25, 0.3) is 21.9 Å². The lowest BCUT2D eigenvalue weighted by atomic mass is 10.1. The number of nitrogens with one attached hydrogen (secondary N) is 1. The van der Waals surface area contributed by atoms with Gasteiger partial charge >= 0.3 is 0 Å². The SMILES string of the molecule is NC(=O)CNC(=O)COc1ccc2oc3ccccc3c2c1. The number of rotatable bonds is 5. The largest absolute Gasteiger partial charge is 0.484 e. The number of carbonyl (C=O) groups is 2. The van der Waals surface area contributed by atoms with Crippen LogP contribution in [0.4, 0.5) is 0 Å². The zero-order chi connectivity index (χ0) is 15.5. The summed E-state index contributed by atoms with van der Waals surface area (Å²) in [5.74, 6) is -0.455. The highest BCUT2D eigenvalue weighted by atomic mass is 16.5. The third-order valence-electron chi connectivity index (χ3n) is 3.18. The molecule has 3 N–H and O–H groups in total. The van der Waals surface area contributed by atoms with Crippen molar-refractivity contribution in [1.82, 2.24) is 5.32 Å². The van der Waals surface area contributed by atoms with Crippen molar-refractivity contribution in [2.45, 2.75) is 0 Å². The van der Waals surface area contributed by atoms with E-state index < -0.39 is 11.8 Å². The molecular weight excluding hydrogens is 284 g/mol. The molecule has 0 aliphatic carbocycles. The zero-order valence-corrected chi connectivity index (χ0v) is 11.7. The molecule has 2 aromatic carbocycles. The van der Waals surface area contributed by atoms with Crippen molar-refractivity contribution >= 4 is 33.8 Å². The van der Waals surface area contributed by atoms with Gasteiger partial charge in [-0.3, -0.25) is 9.59 Å². The van der Waals surface area contributed by atoms with Crippen LogP contribution in [-0.2, 0) is 9.59 Å². The lowest BCUT2D eigenvalue weighted by Gasteiger charge is -2.06. The number of amides is 2. The second kappa shape index (κ2) is 5.77. The van der Waals surface area contributed by atoms with Gasteiger partial charge in [-0.05, 0) is 24.3 Å². The molecule has 0 saturated heterocycles. The van der Waals surface area contributed by atoms with Gasteiger partial charge in [-0.15, -0.1) is 0 Å². The van der Waals surface area contributed by atoms with Crippen molar-refractivity contribution in [3.63, 3.8) is 0 Å². The minimum Gasteiger partial charge on any atom is -0.484 e. The van der Waals surface area contributed by atoms with Crippen LogP contribution in [0.3, 0.4) is 0 Å². The first kappa shape index (κ1) is 13.9. The van der Waals surface area contributed by atoms with Crippen molar-refractivity contribution in [3.05, 3.63) is 42.5 Å². The minimum atomic E-state index is -0.598. The Labute approximate surface area is 125 Å². The Morgan fingerprint density at radius 3 is 2.68 bits per heavy atom. The Bertz CT molecular complexity index is 854. The molecule has 0 spiro atoms. The Morgan fingerprint density at radius 2 is 1.86 bits per heavy atom. The van der Waals surface area contributed by atoms with E-state index in [4.69, 9.17) is 14.9 Å². The molecule has 22 heavy (non-hydrogen) atoms. The van der Waals surface area contributed by atoms with Crippen molar-refractivity contribution in [2.24, 2.45) is 5.73 Å². The molecule has 0 fully saturated rings. The van der Waals surface area contributed by atoms with Gasteiger partial charge in [0.1, 0.15) is 16.9 Å². The van der Waals surface area contributed by atoms with Crippen molar-refractivity contribution in [3.8, 4) is 5.75 Å². The summed E-state index contributed by atoms with van der Waals surface area (Å²) in [6.45, 7) is -0.387. The van der Waals surface area contributed by atoms with Gasteiger partial charge < -0.3 is 20.2 Å². The van der Waals surface area contributed by atoms with Crippen molar-refractivity contribution in [1.29, 1.82) is 0 Å². The molecule has 1 heterocycles. The number of primary amides is 1. The summed E-state index contributed by atoms with van der Waals surface area (Å²) >= 11 is 0. The van der Waals surface area contributed by atoms with Gasteiger partial charge in [-0.25, -0.2) is 0 Å². The van der Waals surface area contributed by atoms with Gasteiger partial charge in [0.2, 0.25) is 5.91 Å². The lowest BCUT2D eigenvalue weighted by molar-refractivity contribution is -0.126. The quantitative estimate of drug-likeness (QED) is 0.747. The number of carbonyl (C=O) groups excluding carboxylic acids is 2. The number of nitrogens with two attached hydrogens (primary N) is 1. The predicted molar refractivity (Wildman–Crippen MR) is 81.4 cm³/mol. The topological polar surface area (TPSA) is 94.6 Å². The molecule has 2 amide bonds. The van der Waals surface area contributed by atoms with Gasteiger partial charge in [-0.2, -0.15) is 0 Å². The molecule has 0 bridgehead atoms. The van der Waals surface area contributed by atoms with Gasteiger partial charge in [0.25, 0.3) is 5.91 Å². The number of benzene rings is 2. The Morgan fingerprint density at radius 1 is 1.09 bits per heavy atom. The molecule has 1 aromatic heterocycles. The van der Waals surface area contributed by atoms with Crippen LogP contribution in [0.2, 0.25) is 0 Å². The van der Waals surface area contributed by atoms with Crippen LogP contribution in [0.15, 0.2) is 46.9 Å². The third-order valence-corrected chi connectivity index (χ3v) is 3.18. The Kier molecular flexibility index (Phi) is 3.65. The molecule has 0 aliphatic rings. The van der Waals surface area contributed by atoms with Crippen LogP contribution >= 0.6 is 0 Å². The number of hydrogen-bond acceptors (Lipinski definition) is 4. The number of ether oxygens (including phenoxy) is 1. The molecule has 112 valence electrons. The zero-order valence-electron chi connectivity index (χ0n) is 11.7. The maximum Gasteiger partial charge on any atom is 0.258 e. The van der Waals surface area contributed by atoms with Crippen molar-refractivity contribution < 1.29 is 18.7 Å². The number of furan rings is 1. The second-order valence-corrected chi connectivity index (χ2v) is 4.79. The smallest absolute Gasteiger partial charge is 0.258 e. The number of para-hydroxylation sites is 1. The van der Waals surface area contributed by atoms with E-state index in [9.17, 15) is 9.59 Å². The normalized spacial score (nSPS) is 10.7. The highest BCUT2D eigenvalue weighted by Gasteiger charge is 2.09. The first-order valence-corrected chi connectivity index (χ1v) is 6.72. The highest BCUT2D eigenvalue weighted by Crippen LogP contribution is 2.31. The molecule has 0 atom stereocenters. The molecular formula is C16H14N2O4. The molecule has 3 aromatic rings. The Hall–Kier alpha value is -3.02. The average molecular weight is 298 g/mol. The van der Waals surface area contributed by atoms with E-state index in [1.807, 2.05) is 30.3 Å². The fourth-order valence-corrected chi connectivity index (χ4v) is 2.18. The van der Waals surface area contributed by atoms with E-state index in [0.717, 1.165) is 21.9 Å². The van der Waals surface area contributed by atoms with Gasteiger partial charge in [0.15, 0.2) is 6.61 Å². The second-order valence-electron chi connectivity index (χ2n) is 4.79. The summed E-state index contributed by atoms with van der Waals surface area (Å²) < 4.78 is 11.1. The fraction of sp³-hybridized carbons (Fsp3) is 0.125. The van der Waals surface area contributed by atoms with E-state index in [2.05, 4.69) is 5.32 Å². The molecule has 0 aliphatic heterocycles. The number of fused-ring (bicyclic) bond motifs is 3. The highest BCUT2D eigenvalue weighted by molar-refractivity contribution is 6.05. The maximum absolute atomic E-state index is 11.5. The third kappa shape index (κ3) is 2.85. The van der Waals surface area contributed by atoms with Crippen molar-refractivity contribution in [2.75, 3.05) is 13.2 Å². The predicted octanol–water partition coefficient (Wildman–Crippen LogP) is 1.57. The molecule has 0 radical (unpaired) electrons. The maximum atomic E-state index is 11.5. The van der Waals surface area contributed by atoms with E-state index >= 15 is 0 Å². The van der Waals surface area contributed by atoms with Crippen LogP contribution in [0.5, 0.6) is 5.75 Å². The minimum absolute atomic E-state index is 0.186. The standard InChI is InChI=1S/C16H14N2O4/c17-15(19)8-18-16(20)9-21-10-5-6-14-12(7-10)11-3-1-2-4-13(11)22-14/h1-7H,8-9H2,(H2,17,19)(H,18,20). The molecule has 0 unspecified atom stereocenters. The first-order valence-electron chi connectivity index (χ1n) is 6.72. The summed E-state index contributed by atoms with van der Waals surface area (Å²) in [6.07, 6.45) is 0. The van der Waals surface area contributed by atoms with Crippen LogP contribution in [0, 0.1) is 0 Å². The average Bonchev–Trinajstić information content (AvgIpc) is 2.89. The van der Waals surface area contributed by atoms with Crippen LogP contribution < -0.4 is 15.8 Å². The summed E-state index contributed by atoms with van der Waals surface area (Å²) in [5, 5.41) is 4.27. The summed E-state index contributed by atoms with van der Waals surface area (Å²) in [4.78, 5) is 22.1. The molecule has 6 heteroatoms. The van der Waals surface area contributed by atoms with E-state index in [1.54, 1.807) is 12.1 Å².